The molecule has 0 spiro atoms. The Bertz CT molecular complexity index is 645. The summed E-state index contributed by atoms with van der Waals surface area (Å²) in [5.41, 5.74) is 0.915. The largest absolute Gasteiger partial charge is 0.497 e. The Balaban J connectivity index is 1.90. The van der Waals surface area contributed by atoms with Crippen LogP contribution in [0, 0.1) is 5.82 Å². The molecule has 4 nitrogen and oxygen atoms in total. The quantitative estimate of drug-likeness (QED) is 0.892. The minimum atomic E-state index is -0.490. The van der Waals surface area contributed by atoms with Crippen molar-refractivity contribution in [2.75, 3.05) is 13.7 Å². The Hall–Kier alpha value is -2.56. The lowest BCUT2D eigenvalue weighted by atomic mass is 10.1. The van der Waals surface area contributed by atoms with Crippen molar-refractivity contribution >= 4 is 5.91 Å². The maximum atomic E-state index is 13.4. The van der Waals surface area contributed by atoms with Crippen molar-refractivity contribution in [2.24, 2.45) is 0 Å². The van der Waals surface area contributed by atoms with E-state index in [1.165, 1.54) is 12.1 Å². The minimum absolute atomic E-state index is 0.0617. The molecule has 2 aromatic carbocycles. The molecule has 1 N–H and O–H groups in total. The first kappa shape index (κ1) is 15.8. The molecular weight excluding hydrogens is 285 g/mol. The van der Waals surface area contributed by atoms with Crippen LogP contribution < -0.4 is 14.8 Å². The first-order chi connectivity index (χ1) is 10.6. The Labute approximate surface area is 128 Å². The van der Waals surface area contributed by atoms with Gasteiger partial charge in [0, 0.05) is 0 Å². The van der Waals surface area contributed by atoms with Crippen molar-refractivity contribution in [3.8, 4) is 11.5 Å². The molecule has 0 saturated heterocycles. The highest BCUT2D eigenvalue weighted by Gasteiger charge is 2.11. The monoisotopic (exact) mass is 303 g/mol. The molecule has 0 aliphatic heterocycles. The van der Waals surface area contributed by atoms with Gasteiger partial charge in [0.2, 0.25) is 0 Å². The summed E-state index contributed by atoms with van der Waals surface area (Å²) in [6.07, 6.45) is 0. The molecule has 0 aliphatic rings. The molecule has 2 aromatic rings. The smallest absolute Gasteiger partial charge is 0.258 e. The van der Waals surface area contributed by atoms with Crippen molar-refractivity contribution in [3.63, 3.8) is 0 Å². The second-order valence-corrected chi connectivity index (χ2v) is 4.78. The standard InChI is InChI=1S/C17H18FNO3/c1-12(13-6-5-7-14(10-13)21-2)19-17(20)11-22-16-9-4-3-8-15(16)18/h3-10,12H,11H2,1-2H3,(H,19,20). The van der Waals surface area contributed by atoms with E-state index in [9.17, 15) is 9.18 Å². The molecule has 5 heteroatoms. The third kappa shape index (κ3) is 4.22. The first-order valence-corrected chi connectivity index (χ1v) is 6.91. The van der Waals surface area contributed by atoms with Gasteiger partial charge in [-0.2, -0.15) is 0 Å². The topological polar surface area (TPSA) is 47.6 Å². The van der Waals surface area contributed by atoms with Gasteiger partial charge < -0.3 is 14.8 Å². The van der Waals surface area contributed by atoms with Gasteiger partial charge in [-0.05, 0) is 36.8 Å². The van der Waals surface area contributed by atoms with Gasteiger partial charge in [-0.25, -0.2) is 4.39 Å². The molecule has 1 amide bonds. The zero-order chi connectivity index (χ0) is 15.9. The van der Waals surface area contributed by atoms with Crippen molar-refractivity contribution in [1.82, 2.24) is 5.32 Å². The van der Waals surface area contributed by atoms with Gasteiger partial charge in [-0.3, -0.25) is 4.79 Å². The van der Waals surface area contributed by atoms with Crippen LogP contribution in [-0.4, -0.2) is 19.6 Å². The number of rotatable bonds is 6. The Morgan fingerprint density at radius 2 is 2.00 bits per heavy atom. The van der Waals surface area contributed by atoms with E-state index in [0.29, 0.717) is 0 Å². The molecule has 22 heavy (non-hydrogen) atoms. The van der Waals surface area contributed by atoms with E-state index in [1.54, 1.807) is 19.2 Å². The zero-order valence-corrected chi connectivity index (χ0v) is 12.5. The normalized spacial score (nSPS) is 11.6. The van der Waals surface area contributed by atoms with E-state index in [-0.39, 0.29) is 24.3 Å². The van der Waals surface area contributed by atoms with Gasteiger partial charge >= 0.3 is 0 Å². The van der Waals surface area contributed by atoms with Crippen molar-refractivity contribution in [3.05, 3.63) is 59.9 Å². The van der Waals surface area contributed by atoms with Gasteiger partial charge in [-0.1, -0.05) is 24.3 Å². The highest BCUT2D eigenvalue weighted by molar-refractivity contribution is 5.78. The van der Waals surface area contributed by atoms with Crippen LogP contribution in [0.25, 0.3) is 0 Å². The minimum Gasteiger partial charge on any atom is -0.497 e. The third-order valence-corrected chi connectivity index (χ3v) is 3.17. The fourth-order valence-corrected chi connectivity index (χ4v) is 1.98. The molecule has 116 valence electrons. The second-order valence-electron chi connectivity index (χ2n) is 4.78. The molecule has 2 rings (SSSR count). The summed E-state index contributed by atoms with van der Waals surface area (Å²) in [4.78, 5) is 11.9. The molecule has 0 aliphatic carbocycles. The number of methoxy groups -OCH3 is 1. The molecule has 0 radical (unpaired) electrons. The van der Waals surface area contributed by atoms with Crippen LogP contribution in [0.2, 0.25) is 0 Å². The van der Waals surface area contributed by atoms with Crippen LogP contribution in [0.4, 0.5) is 4.39 Å². The van der Waals surface area contributed by atoms with Crippen LogP contribution in [0.3, 0.4) is 0 Å². The van der Waals surface area contributed by atoms with Gasteiger partial charge in [0.1, 0.15) is 5.75 Å². The van der Waals surface area contributed by atoms with E-state index in [1.807, 2.05) is 31.2 Å². The maximum absolute atomic E-state index is 13.4. The third-order valence-electron chi connectivity index (χ3n) is 3.17. The average Bonchev–Trinajstić information content (AvgIpc) is 2.54. The SMILES string of the molecule is COc1cccc(C(C)NC(=O)COc2ccccc2F)c1. The number of ether oxygens (including phenoxy) is 2. The summed E-state index contributed by atoms with van der Waals surface area (Å²) in [6.45, 7) is 1.62. The number of hydrogen-bond donors (Lipinski definition) is 1. The number of carbonyl (C=O) groups excluding carboxylic acids is 1. The second kappa shape index (κ2) is 7.45. The lowest BCUT2D eigenvalue weighted by molar-refractivity contribution is -0.123. The Morgan fingerprint density at radius 1 is 1.23 bits per heavy atom. The predicted molar refractivity (Wildman–Crippen MR) is 81.4 cm³/mol. The van der Waals surface area contributed by atoms with Gasteiger partial charge in [0.05, 0.1) is 13.2 Å². The van der Waals surface area contributed by atoms with Crippen molar-refractivity contribution < 1.29 is 18.7 Å². The van der Waals surface area contributed by atoms with E-state index in [4.69, 9.17) is 9.47 Å². The highest BCUT2D eigenvalue weighted by Crippen LogP contribution is 2.19. The van der Waals surface area contributed by atoms with Gasteiger partial charge in [-0.15, -0.1) is 0 Å². The number of nitrogens with one attached hydrogen (secondary N) is 1. The maximum Gasteiger partial charge on any atom is 0.258 e. The van der Waals surface area contributed by atoms with Crippen LogP contribution >= 0.6 is 0 Å². The van der Waals surface area contributed by atoms with Crippen LogP contribution in [0.5, 0.6) is 11.5 Å². The summed E-state index contributed by atoms with van der Waals surface area (Å²) in [7, 11) is 1.59. The van der Waals surface area contributed by atoms with E-state index >= 15 is 0 Å². The van der Waals surface area contributed by atoms with Crippen LogP contribution in [0.15, 0.2) is 48.5 Å². The lowest BCUT2D eigenvalue weighted by Crippen LogP contribution is -2.31. The van der Waals surface area contributed by atoms with Crippen molar-refractivity contribution in [2.45, 2.75) is 13.0 Å². The van der Waals surface area contributed by atoms with Gasteiger partial charge in [0.15, 0.2) is 18.2 Å². The highest BCUT2D eigenvalue weighted by atomic mass is 19.1. The molecule has 0 fully saturated rings. The number of amides is 1. The molecule has 0 aromatic heterocycles. The zero-order valence-electron chi connectivity index (χ0n) is 12.5. The Kier molecular flexibility index (Phi) is 5.36. The number of para-hydroxylation sites is 1. The molecule has 0 bridgehead atoms. The fraction of sp³-hybridized carbons (Fsp3) is 0.235. The first-order valence-electron chi connectivity index (χ1n) is 6.91. The summed E-state index contributed by atoms with van der Waals surface area (Å²) >= 11 is 0. The van der Waals surface area contributed by atoms with Crippen molar-refractivity contribution in [1.29, 1.82) is 0 Å². The van der Waals surface area contributed by atoms with Gasteiger partial charge in [0.25, 0.3) is 5.91 Å². The number of hydrogen-bond acceptors (Lipinski definition) is 3. The summed E-state index contributed by atoms with van der Waals surface area (Å²) in [5, 5.41) is 2.80. The van der Waals surface area contributed by atoms with Crippen LogP contribution in [0.1, 0.15) is 18.5 Å². The van der Waals surface area contributed by atoms with E-state index in [0.717, 1.165) is 11.3 Å². The number of carbonyl (C=O) groups is 1. The summed E-state index contributed by atoms with van der Waals surface area (Å²) < 4.78 is 23.7. The molecule has 1 atom stereocenters. The van der Waals surface area contributed by atoms with Crippen LogP contribution in [-0.2, 0) is 4.79 Å². The summed E-state index contributed by atoms with van der Waals surface area (Å²) in [6, 6.07) is 13.2. The summed E-state index contributed by atoms with van der Waals surface area (Å²) in [5.74, 6) is -0.0254. The number of benzene rings is 2. The number of halogens is 1. The fourth-order valence-electron chi connectivity index (χ4n) is 1.98. The Morgan fingerprint density at radius 3 is 2.73 bits per heavy atom. The average molecular weight is 303 g/mol. The van der Waals surface area contributed by atoms with E-state index < -0.39 is 5.82 Å². The molecule has 0 heterocycles. The predicted octanol–water partition coefficient (Wildman–Crippen LogP) is 3.09. The lowest BCUT2D eigenvalue weighted by Gasteiger charge is -2.15. The van der Waals surface area contributed by atoms with E-state index in [2.05, 4.69) is 5.32 Å². The molecule has 0 saturated carbocycles. The molecule has 1 unspecified atom stereocenters. The molecular formula is C17H18FNO3.